The van der Waals surface area contributed by atoms with Gasteiger partial charge in [-0.2, -0.15) is 0 Å². The largest absolute Gasteiger partial charge is 0.326 e. The number of aryl methyl sites for hydroxylation is 1. The van der Waals surface area contributed by atoms with Crippen LogP contribution in [0.4, 0.5) is 5.69 Å². The summed E-state index contributed by atoms with van der Waals surface area (Å²) in [6.07, 6.45) is 1.39. The number of para-hydroxylation sites is 1. The van der Waals surface area contributed by atoms with Gasteiger partial charge in [-0.1, -0.05) is 29.8 Å². The molecule has 0 radical (unpaired) electrons. The van der Waals surface area contributed by atoms with E-state index in [1.807, 2.05) is 31.2 Å². The smallest absolute Gasteiger partial charge is 0.254 e. The van der Waals surface area contributed by atoms with Gasteiger partial charge in [0, 0.05) is 28.0 Å². The first-order valence-electron chi connectivity index (χ1n) is 7.72. The zero-order valence-corrected chi connectivity index (χ0v) is 14.3. The van der Waals surface area contributed by atoms with E-state index in [0.29, 0.717) is 16.4 Å². The number of H-pyrrole nitrogens is 1. The van der Waals surface area contributed by atoms with Gasteiger partial charge in [0.25, 0.3) is 5.56 Å². The molecule has 0 aliphatic heterocycles. The van der Waals surface area contributed by atoms with Crippen LogP contribution in [0.2, 0.25) is 5.02 Å². The molecule has 0 aliphatic carbocycles. The van der Waals surface area contributed by atoms with Crippen LogP contribution in [-0.2, 0) is 11.2 Å². The van der Waals surface area contributed by atoms with Gasteiger partial charge in [-0.15, -0.1) is 0 Å². The molecular weight excluding hydrogens is 338 g/mol. The normalized spacial score (nSPS) is 10.5. The summed E-state index contributed by atoms with van der Waals surface area (Å²) in [5, 5.41) is 3.41. The predicted octanol–water partition coefficient (Wildman–Crippen LogP) is 3.58. The third-order valence-electron chi connectivity index (χ3n) is 3.76. The fraction of sp³-hybridized carbons (Fsp3) is 0.105. The maximum atomic E-state index is 12.2. The van der Waals surface area contributed by atoms with Crippen LogP contribution >= 0.6 is 11.6 Å². The molecule has 25 heavy (non-hydrogen) atoms. The standard InChI is InChI=1S/C19H16ClN3O2/c1-12-4-2-3-5-16(12)22-17(24)10-14-11-21-18(23-19(14)25)13-6-8-15(20)9-7-13/h2-9,11H,10H2,1H3,(H,22,24)(H,21,23,25). The Morgan fingerprint density at radius 3 is 2.56 bits per heavy atom. The molecule has 1 amide bonds. The molecule has 0 fully saturated rings. The second-order valence-corrected chi connectivity index (χ2v) is 6.07. The average Bonchev–Trinajstić information content (AvgIpc) is 2.59. The molecule has 3 aromatic rings. The summed E-state index contributed by atoms with van der Waals surface area (Å²) in [5.74, 6) is 0.172. The van der Waals surface area contributed by atoms with Crippen molar-refractivity contribution in [1.29, 1.82) is 0 Å². The molecule has 6 heteroatoms. The molecule has 5 nitrogen and oxygen atoms in total. The zero-order valence-electron chi connectivity index (χ0n) is 13.5. The van der Waals surface area contributed by atoms with Crippen LogP contribution in [0.25, 0.3) is 11.4 Å². The minimum atomic E-state index is -0.333. The molecule has 2 N–H and O–H groups in total. The molecule has 0 unspecified atom stereocenters. The monoisotopic (exact) mass is 353 g/mol. The topological polar surface area (TPSA) is 74.8 Å². The molecule has 0 spiro atoms. The number of benzene rings is 2. The van der Waals surface area contributed by atoms with Crippen molar-refractivity contribution >= 4 is 23.2 Å². The number of rotatable bonds is 4. The number of halogens is 1. The predicted molar refractivity (Wildman–Crippen MR) is 98.8 cm³/mol. The molecule has 1 heterocycles. The van der Waals surface area contributed by atoms with Crippen molar-refractivity contribution in [2.45, 2.75) is 13.3 Å². The van der Waals surface area contributed by atoms with Crippen LogP contribution in [-0.4, -0.2) is 15.9 Å². The van der Waals surface area contributed by atoms with Crippen LogP contribution in [0, 0.1) is 6.92 Å². The van der Waals surface area contributed by atoms with E-state index in [0.717, 1.165) is 16.8 Å². The van der Waals surface area contributed by atoms with Crippen LogP contribution in [0.15, 0.2) is 59.5 Å². The van der Waals surface area contributed by atoms with E-state index in [9.17, 15) is 9.59 Å². The number of hydrogen-bond donors (Lipinski definition) is 2. The summed E-state index contributed by atoms with van der Waals surface area (Å²) in [5.41, 5.74) is 2.41. The van der Waals surface area contributed by atoms with Gasteiger partial charge in [-0.25, -0.2) is 4.98 Å². The third kappa shape index (κ3) is 4.14. The molecular formula is C19H16ClN3O2. The first kappa shape index (κ1) is 16.9. The molecule has 3 rings (SSSR count). The number of hydrogen-bond acceptors (Lipinski definition) is 3. The van der Waals surface area contributed by atoms with E-state index in [-0.39, 0.29) is 17.9 Å². The Labute approximate surface area is 149 Å². The summed E-state index contributed by atoms with van der Waals surface area (Å²) >= 11 is 5.85. The molecule has 0 saturated heterocycles. The average molecular weight is 354 g/mol. The van der Waals surface area contributed by atoms with Gasteiger partial charge < -0.3 is 10.3 Å². The Balaban J connectivity index is 1.75. The summed E-state index contributed by atoms with van der Waals surface area (Å²) in [6, 6.07) is 14.5. The Hall–Kier alpha value is -2.92. The Morgan fingerprint density at radius 2 is 1.88 bits per heavy atom. The molecule has 0 aliphatic rings. The van der Waals surface area contributed by atoms with E-state index >= 15 is 0 Å². The maximum absolute atomic E-state index is 12.2. The van der Waals surface area contributed by atoms with Gasteiger partial charge in [-0.05, 0) is 42.8 Å². The SMILES string of the molecule is Cc1ccccc1NC(=O)Cc1cnc(-c2ccc(Cl)cc2)[nH]c1=O. The van der Waals surface area contributed by atoms with E-state index in [4.69, 9.17) is 11.6 Å². The zero-order chi connectivity index (χ0) is 17.8. The second-order valence-electron chi connectivity index (χ2n) is 5.63. The Bertz CT molecular complexity index is 965. The highest BCUT2D eigenvalue weighted by Gasteiger charge is 2.10. The van der Waals surface area contributed by atoms with Gasteiger partial charge in [0.1, 0.15) is 5.82 Å². The van der Waals surface area contributed by atoms with Crippen LogP contribution in [0.1, 0.15) is 11.1 Å². The van der Waals surface area contributed by atoms with Crippen LogP contribution < -0.4 is 10.9 Å². The highest BCUT2D eigenvalue weighted by molar-refractivity contribution is 6.30. The van der Waals surface area contributed by atoms with Gasteiger partial charge in [0.15, 0.2) is 0 Å². The lowest BCUT2D eigenvalue weighted by atomic mass is 10.1. The minimum Gasteiger partial charge on any atom is -0.326 e. The Kier molecular flexibility index (Phi) is 4.95. The van der Waals surface area contributed by atoms with Gasteiger partial charge in [0.2, 0.25) is 5.91 Å². The van der Waals surface area contributed by atoms with Crippen molar-refractivity contribution in [1.82, 2.24) is 9.97 Å². The minimum absolute atomic E-state index is 0.0441. The first-order chi connectivity index (χ1) is 12.0. The summed E-state index contributed by atoms with van der Waals surface area (Å²) in [6.45, 7) is 1.91. The van der Waals surface area contributed by atoms with Gasteiger partial charge in [0.05, 0.1) is 6.42 Å². The Morgan fingerprint density at radius 1 is 1.16 bits per heavy atom. The van der Waals surface area contributed by atoms with E-state index in [2.05, 4.69) is 15.3 Å². The molecule has 2 aromatic carbocycles. The lowest BCUT2D eigenvalue weighted by molar-refractivity contribution is -0.115. The van der Waals surface area contributed by atoms with Crippen molar-refractivity contribution < 1.29 is 4.79 Å². The number of anilines is 1. The molecule has 0 saturated carbocycles. The van der Waals surface area contributed by atoms with Crippen molar-refractivity contribution in [2.75, 3.05) is 5.32 Å². The van der Waals surface area contributed by atoms with E-state index in [1.165, 1.54) is 6.20 Å². The molecule has 1 aromatic heterocycles. The number of aromatic nitrogens is 2. The quantitative estimate of drug-likeness (QED) is 0.752. The van der Waals surface area contributed by atoms with Crippen LogP contribution in [0.5, 0.6) is 0 Å². The summed E-state index contributed by atoms with van der Waals surface area (Å²) < 4.78 is 0. The third-order valence-corrected chi connectivity index (χ3v) is 4.01. The van der Waals surface area contributed by atoms with E-state index < -0.39 is 0 Å². The van der Waals surface area contributed by atoms with E-state index in [1.54, 1.807) is 24.3 Å². The highest BCUT2D eigenvalue weighted by Crippen LogP contribution is 2.17. The first-order valence-corrected chi connectivity index (χ1v) is 8.10. The summed E-state index contributed by atoms with van der Waals surface area (Å²) in [7, 11) is 0. The fourth-order valence-electron chi connectivity index (χ4n) is 2.38. The van der Waals surface area contributed by atoms with Crippen molar-refractivity contribution in [3.63, 3.8) is 0 Å². The lowest BCUT2D eigenvalue weighted by Gasteiger charge is -2.08. The van der Waals surface area contributed by atoms with Gasteiger partial charge in [-0.3, -0.25) is 9.59 Å². The molecule has 0 atom stereocenters. The van der Waals surface area contributed by atoms with Crippen molar-refractivity contribution in [2.24, 2.45) is 0 Å². The number of amides is 1. The summed E-state index contributed by atoms with van der Waals surface area (Å²) in [4.78, 5) is 31.3. The number of carbonyl (C=O) groups is 1. The van der Waals surface area contributed by atoms with Gasteiger partial charge >= 0.3 is 0 Å². The molecule has 0 bridgehead atoms. The van der Waals surface area contributed by atoms with Crippen molar-refractivity contribution in [3.05, 3.63) is 81.2 Å². The number of carbonyl (C=O) groups excluding carboxylic acids is 1. The number of nitrogens with zero attached hydrogens (tertiary/aromatic N) is 1. The highest BCUT2D eigenvalue weighted by atomic mass is 35.5. The van der Waals surface area contributed by atoms with Crippen LogP contribution in [0.3, 0.4) is 0 Å². The maximum Gasteiger partial charge on any atom is 0.254 e. The number of aromatic amines is 1. The lowest BCUT2D eigenvalue weighted by Crippen LogP contribution is -2.22. The number of nitrogens with one attached hydrogen (secondary N) is 2. The van der Waals surface area contributed by atoms with Crippen molar-refractivity contribution in [3.8, 4) is 11.4 Å². The molecule has 126 valence electrons. The second kappa shape index (κ2) is 7.32. The fourth-order valence-corrected chi connectivity index (χ4v) is 2.51.